The third-order valence-electron chi connectivity index (χ3n) is 11.9. The van der Waals surface area contributed by atoms with Gasteiger partial charge in [-0.1, -0.05) is 206 Å². The van der Waals surface area contributed by atoms with Gasteiger partial charge >= 0.3 is 11.9 Å². The Labute approximate surface area is 371 Å². The highest BCUT2D eigenvalue weighted by Gasteiger charge is 2.25. The molecule has 0 N–H and O–H groups in total. The number of hydrogen-bond donors (Lipinski definition) is 0. The van der Waals surface area contributed by atoms with E-state index < -0.39 is 18.1 Å². The van der Waals surface area contributed by atoms with Crippen LogP contribution in [0.15, 0.2) is 12.2 Å². The molecular formula is C52H99NO7. The average molecular weight is 850 g/mol. The quantitative estimate of drug-likeness (QED) is 0.0260. The molecule has 2 unspecified atom stereocenters. The Morgan fingerprint density at radius 2 is 0.833 bits per heavy atom. The number of ether oxygens (including phenoxy) is 3. The Hall–Kier alpha value is -1.93. The number of quaternary nitrogens is 1. The molecule has 0 aromatic carbocycles. The number of carbonyl (C=O) groups is 3. The third kappa shape index (κ3) is 41.4. The van der Waals surface area contributed by atoms with Gasteiger partial charge in [0.15, 0.2) is 6.10 Å². The molecule has 0 amide bonds. The number of carboxylic acid groups (broad SMARTS) is 1. The molecule has 8 nitrogen and oxygen atoms in total. The van der Waals surface area contributed by atoms with Crippen molar-refractivity contribution in [2.24, 2.45) is 0 Å². The summed E-state index contributed by atoms with van der Waals surface area (Å²) in [5.74, 6) is -1.72. The van der Waals surface area contributed by atoms with Crippen LogP contribution in [0, 0.1) is 0 Å². The van der Waals surface area contributed by atoms with E-state index in [9.17, 15) is 19.5 Å². The molecule has 0 aliphatic rings. The molecule has 0 rings (SSSR count). The van der Waals surface area contributed by atoms with Crippen molar-refractivity contribution in [2.45, 2.75) is 264 Å². The highest BCUT2D eigenvalue weighted by molar-refractivity contribution is 5.70. The maximum Gasteiger partial charge on any atom is 0.306 e. The second-order valence-corrected chi connectivity index (χ2v) is 18.8. The number of esters is 2. The lowest BCUT2D eigenvalue weighted by molar-refractivity contribution is -0.889. The van der Waals surface area contributed by atoms with Gasteiger partial charge < -0.3 is 28.6 Å². The third-order valence-corrected chi connectivity index (χ3v) is 11.9. The predicted octanol–water partition coefficient (Wildman–Crippen LogP) is 13.3. The second-order valence-electron chi connectivity index (χ2n) is 18.8. The molecule has 0 heterocycles. The van der Waals surface area contributed by atoms with Crippen LogP contribution in [0.2, 0.25) is 0 Å². The average Bonchev–Trinajstić information content (AvgIpc) is 3.21. The highest BCUT2D eigenvalue weighted by atomic mass is 16.6. The molecule has 0 aromatic rings. The topological polar surface area (TPSA) is 102 Å². The molecule has 354 valence electrons. The van der Waals surface area contributed by atoms with Crippen LogP contribution in [0.3, 0.4) is 0 Å². The van der Waals surface area contributed by atoms with E-state index in [-0.39, 0.29) is 42.7 Å². The van der Waals surface area contributed by atoms with Crippen molar-refractivity contribution in [1.29, 1.82) is 0 Å². The van der Waals surface area contributed by atoms with Gasteiger partial charge in [-0.2, -0.15) is 0 Å². The fraction of sp³-hybridized carbons (Fsp3) is 0.904. The standard InChI is InChI=1S/C52H99NO7/c1-6-8-10-12-14-16-18-20-22-23-24-25-26-27-28-29-31-32-34-36-38-40-42-50(54)59-47-48(46-58-45-44-49(52(56)57)53(3,4)5)60-51(55)43-41-39-37-35-33-30-21-19-17-15-13-11-9-7-2/h26-27,48-49H,6-25,28-47H2,1-5H3/b27-26+. The minimum atomic E-state index is -1.12. The lowest BCUT2D eigenvalue weighted by atomic mass is 10.0. The van der Waals surface area contributed by atoms with Gasteiger partial charge in [0.2, 0.25) is 0 Å². The number of rotatable bonds is 47. The molecule has 0 spiro atoms. The van der Waals surface area contributed by atoms with Crippen molar-refractivity contribution < 1.29 is 38.2 Å². The molecule has 0 aromatic heterocycles. The van der Waals surface area contributed by atoms with Crippen LogP contribution in [0.5, 0.6) is 0 Å². The lowest BCUT2D eigenvalue weighted by Gasteiger charge is -2.34. The molecule has 60 heavy (non-hydrogen) atoms. The van der Waals surface area contributed by atoms with E-state index in [0.29, 0.717) is 12.8 Å². The van der Waals surface area contributed by atoms with Crippen LogP contribution < -0.4 is 5.11 Å². The molecule has 2 atom stereocenters. The van der Waals surface area contributed by atoms with E-state index in [0.717, 1.165) is 38.5 Å². The van der Waals surface area contributed by atoms with Gasteiger partial charge in [0.25, 0.3) is 0 Å². The number of likely N-dealkylation sites (N-methyl/N-ethyl adjacent to an activating group) is 1. The SMILES string of the molecule is CCCCCCCCCCCCC/C=C/CCCCCCCCCC(=O)OCC(COCCC(C(=O)[O-])[N+](C)(C)C)OC(=O)CCCCCCCCCCCCCCCC. The first kappa shape index (κ1) is 58.1. The summed E-state index contributed by atoms with van der Waals surface area (Å²) in [5.41, 5.74) is 0. The van der Waals surface area contributed by atoms with Crippen molar-refractivity contribution >= 4 is 17.9 Å². The fourth-order valence-electron chi connectivity index (χ4n) is 7.89. The zero-order chi connectivity index (χ0) is 44.2. The second kappa shape index (κ2) is 43.7. The maximum absolute atomic E-state index is 12.7. The summed E-state index contributed by atoms with van der Waals surface area (Å²) < 4.78 is 17.2. The Morgan fingerprint density at radius 3 is 1.20 bits per heavy atom. The van der Waals surface area contributed by atoms with Crippen molar-refractivity contribution in [1.82, 2.24) is 0 Å². The summed E-state index contributed by atoms with van der Waals surface area (Å²) in [6, 6.07) is -0.722. The Morgan fingerprint density at radius 1 is 0.483 bits per heavy atom. The number of nitrogens with zero attached hydrogens (tertiary/aromatic N) is 1. The number of aliphatic carboxylic acids is 1. The van der Waals surface area contributed by atoms with Gasteiger partial charge in [-0.3, -0.25) is 9.59 Å². The van der Waals surface area contributed by atoms with Crippen LogP contribution >= 0.6 is 0 Å². The number of allylic oxidation sites excluding steroid dienone is 2. The molecule has 0 radical (unpaired) electrons. The number of hydrogen-bond acceptors (Lipinski definition) is 7. The minimum Gasteiger partial charge on any atom is -0.544 e. The molecule has 0 fully saturated rings. The predicted molar refractivity (Wildman–Crippen MR) is 250 cm³/mol. The molecular weight excluding hydrogens is 751 g/mol. The zero-order valence-electron chi connectivity index (χ0n) is 40.4. The van der Waals surface area contributed by atoms with E-state index in [1.54, 1.807) is 0 Å². The highest BCUT2D eigenvalue weighted by Crippen LogP contribution is 2.16. The van der Waals surface area contributed by atoms with E-state index in [1.807, 2.05) is 21.1 Å². The van der Waals surface area contributed by atoms with Crippen molar-refractivity contribution in [3.8, 4) is 0 Å². The van der Waals surface area contributed by atoms with E-state index in [2.05, 4.69) is 26.0 Å². The van der Waals surface area contributed by atoms with Gasteiger partial charge in [-0.05, 0) is 38.5 Å². The lowest BCUT2D eigenvalue weighted by Crippen LogP contribution is -2.55. The maximum atomic E-state index is 12.7. The Kier molecular flexibility index (Phi) is 42.3. The smallest absolute Gasteiger partial charge is 0.306 e. The first-order valence-corrected chi connectivity index (χ1v) is 25.7. The van der Waals surface area contributed by atoms with Crippen LogP contribution in [-0.2, 0) is 28.6 Å². The normalized spacial score (nSPS) is 12.9. The van der Waals surface area contributed by atoms with Gasteiger partial charge in [-0.15, -0.1) is 0 Å². The summed E-state index contributed by atoms with van der Waals surface area (Å²) >= 11 is 0. The molecule has 0 bridgehead atoms. The number of carbonyl (C=O) groups excluding carboxylic acids is 3. The monoisotopic (exact) mass is 850 g/mol. The van der Waals surface area contributed by atoms with Crippen molar-refractivity contribution in [2.75, 3.05) is 41.0 Å². The van der Waals surface area contributed by atoms with Crippen molar-refractivity contribution in [3.05, 3.63) is 12.2 Å². The zero-order valence-corrected chi connectivity index (χ0v) is 40.4. The molecule has 0 saturated heterocycles. The van der Waals surface area contributed by atoms with Gasteiger partial charge in [0.05, 0.1) is 40.3 Å². The van der Waals surface area contributed by atoms with Gasteiger partial charge in [-0.25, -0.2) is 0 Å². The van der Waals surface area contributed by atoms with Crippen LogP contribution in [0.1, 0.15) is 251 Å². The summed E-state index contributed by atoms with van der Waals surface area (Å²) in [5, 5.41) is 11.6. The van der Waals surface area contributed by atoms with Gasteiger partial charge in [0, 0.05) is 19.3 Å². The Bertz CT molecular complexity index is 993. The fourth-order valence-corrected chi connectivity index (χ4v) is 7.89. The van der Waals surface area contributed by atoms with Crippen molar-refractivity contribution in [3.63, 3.8) is 0 Å². The largest absolute Gasteiger partial charge is 0.544 e. The van der Waals surface area contributed by atoms with Crippen LogP contribution in [0.25, 0.3) is 0 Å². The first-order chi connectivity index (χ1) is 29.1. The molecule has 0 saturated carbocycles. The summed E-state index contributed by atoms with van der Waals surface area (Å²) in [6.45, 7) is 4.70. The van der Waals surface area contributed by atoms with Crippen LogP contribution in [0.4, 0.5) is 0 Å². The number of unbranched alkanes of at least 4 members (excludes halogenated alkanes) is 31. The molecule has 8 heteroatoms. The first-order valence-electron chi connectivity index (χ1n) is 25.7. The summed E-state index contributed by atoms with van der Waals surface area (Å²) in [6.07, 6.45) is 48.1. The summed E-state index contributed by atoms with van der Waals surface area (Å²) in [7, 11) is 5.42. The Balaban J connectivity index is 4.18. The van der Waals surface area contributed by atoms with E-state index in [4.69, 9.17) is 14.2 Å². The summed E-state index contributed by atoms with van der Waals surface area (Å²) in [4.78, 5) is 37.0. The number of carboxylic acids is 1. The minimum absolute atomic E-state index is 0.0455. The van der Waals surface area contributed by atoms with Gasteiger partial charge in [0.1, 0.15) is 12.6 Å². The van der Waals surface area contributed by atoms with E-state index >= 15 is 0 Å². The molecule has 0 aliphatic heterocycles. The molecule has 0 aliphatic carbocycles. The van der Waals surface area contributed by atoms with Crippen LogP contribution in [-0.4, -0.2) is 75.5 Å². The van der Waals surface area contributed by atoms with E-state index in [1.165, 1.54) is 180 Å².